The van der Waals surface area contributed by atoms with Crippen LogP contribution in [0.15, 0.2) is 41.1 Å². The van der Waals surface area contributed by atoms with E-state index < -0.39 is 0 Å². The number of benzene rings is 1. The van der Waals surface area contributed by atoms with E-state index >= 15 is 0 Å². The maximum Gasteiger partial charge on any atom is 0.0499 e. The summed E-state index contributed by atoms with van der Waals surface area (Å²) in [6.07, 6.45) is 0.979. The Kier molecular flexibility index (Phi) is 5.35. The summed E-state index contributed by atoms with van der Waals surface area (Å²) >= 11 is 1.75. The van der Waals surface area contributed by atoms with Gasteiger partial charge in [0, 0.05) is 18.6 Å². The van der Waals surface area contributed by atoms with E-state index in [-0.39, 0.29) is 12.1 Å². The summed E-state index contributed by atoms with van der Waals surface area (Å²) in [6, 6.07) is 11.4. The number of aryl methyl sites for hydroxylation is 1. The fraction of sp³-hybridized carbons (Fsp3) is 0.412. The van der Waals surface area contributed by atoms with Gasteiger partial charge >= 0.3 is 0 Å². The van der Waals surface area contributed by atoms with Crippen LogP contribution in [0.1, 0.15) is 36.1 Å². The summed E-state index contributed by atoms with van der Waals surface area (Å²) in [7, 11) is 2.16. The molecule has 0 aliphatic rings. The van der Waals surface area contributed by atoms with Crippen molar-refractivity contribution in [3.63, 3.8) is 0 Å². The molecule has 1 aromatic carbocycles. The number of rotatable bonds is 6. The zero-order valence-corrected chi connectivity index (χ0v) is 13.4. The summed E-state index contributed by atoms with van der Waals surface area (Å²) < 4.78 is 0. The van der Waals surface area contributed by atoms with Crippen molar-refractivity contribution in [1.29, 1.82) is 0 Å². The van der Waals surface area contributed by atoms with Crippen LogP contribution in [0.5, 0.6) is 0 Å². The molecule has 0 aliphatic heterocycles. The van der Waals surface area contributed by atoms with Gasteiger partial charge in [0.1, 0.15) is 0 Å². The van der Waals surface area contributed by atoms with Crippen LogP contribution in [-0.4, -0.2) is 18.0 Å². The fourth-order valence-electron chi connectivity index (χ4n) is 2.58. The van der Waals surface area contributed by atoms with Gasteiger partial charge in [-0.15, -0.1) is 0 Å². The molecule has 2 N–H and O–H groups in total. The van der Waals surface area contributed by atoms with E-state index in [9.17, 15) is 0 Å². The van der Waals surface area contributed by atoms with Crippen LogP contribution in [-0.2, 0) is 6.54 Å². The van der Waals surface area contributed by atoms with E-state index in [1.165, 1.54) is 16.7 Å². The van der Waals surface area contributed by atoms with Crippen LogP contribution in [0.4, 0.5) is 0 Å². The molecule has 1 aromatic heterocycles. The van der Waals surface area contributed by atoms with Crippen LogP contribution in [0.2, 0.25) is 0 Å². The molecule has 0 spiro atoms. The predicted molar refractivity (Wildman–Crippen MR) is 88.0 cm³/mol. The lowest BCUT2D eigenvalue weighted by Gasteiger charge is -2.32. The summed E-state index contributed by atoms with van der Waals surface area (Å²) in [6.45, 7) is 5.22. The van der Waals surface area contributed by atoms with Crippen LogP contribution < -0.4 is 5.73 Å². The Labute approximate surface area is 126 Å². The average Bonchev–Trinajstić information content (AvgIpc) is 2.94. The molecule has 0 aliphatic carbocycles. The second kappa shape index (κ2) is 7.02. The van der Waals surface area contributed by atoms with E-state index in [0.29, 0.717) is 0 Å². The fourth-order valence-corrected chi connectivity index (χ4v) is 3.24. The molecule has 2 nitrogen and oxygen atoms in total. The minimum atomic E-state index is 0.154. The van der Waals surface area contributed by atoms with Crippen molar-refractivity contribution < 1.29 is 0 Å². The average molecular weight is 288 g/mol. The predicted octanol–water partition coefficient (Wildman–Crippen LogP) is 3.97. The molecule has 0 saturated heterocycles. The number of thiophene rings is 1. The molecule has 20 heavy (non-hydrogen) atoms. The van der Waals surface area contributed by atoms with Gasteiger partial charge in [0.05, 0.1) is 0 Å². The lowest BCUT2D eigenvalue weighted by atomic mass is 9.95. The highest BCUT2D eigenvalue weighted by Gasteiger charge is 2.23. The number of hydrogen-bond donors (Lipinski definition) is 1. The van der Waals surface area contributed by atoms with Gasteiger partial charge in [0.25, 0.3) is 0 Å². The van der Waals surface area contributed by atoms with Gasteiger partial charge in [-0.3, -0.25) is 4.90 Å². The third kappa shape index (κ3) is 3.69. The van der Waals surface area contributed by atoms with Crippen molar-refractivity contribution in [2.24, 2.45) is 5.73 Å². The molecule has 0 saturated carbocycles. The highest BCUT2D eigenvalue weighted by atomic mass is 32.1. The minimum absolute atomic E-state index is 0.154. The number of nitrogens with two attached hydrogens (primary N) is 1. The van der Waals surface area contributed by atoms with Crippen molar-refractivity contribution in [1.82, 2.24) is 4.90 Å². The van der Waals surface area contributed by atoms with Crippen LogP contribution >= 0.6 is 11.3 Å². The molecule has 0 bridgehead atoms. The van der Waals surface area contributed by atoms with Crippen LogP contribution in [0.3, 0.4) is 0 Å². The molecule has 2 unspecified atom stereocenters. The topological polar surface area (TPSA) is 29.3 Å². The lowest BCUT2D eigenvalue weighted by molar-refractivity contribution is 0.202. The third-order valence-corrected chi connectivity index (χ3v) is 4.51. The monoisotopic (exact) mass is 288 g/mol. The number of hydrogen-bond acceptors (Lipinski definition) is 3. The van der Waals surface area contributed by atoms with E-state index in [4.69, 9.17) is 5.73 Å². The first-order valence-electron chi connectivity index (χ1n) is 7.15. The van der Waals surface area contributed by atoms with Crippen LogP contribution in [0.25, 0.3) is 0 Å². The normalized spacial score (nSPS) is 14.4. The van der Waals surface area contributed by atoms with Gasteiger partial charge in [-0.1, -0.05) is 36.8 Å². The van der Waals surface area contributed by atoms with Crippen molar-refractivity contribution in [2.45, 2.75) is 38.9 Å². The molecule has 2 aromatic rings. The summed E-state index contributed by atoms with van der Waals surface area (Å²) in [4.78, 5) is 2.36. The summed E-state index contributed by atoms with van der Waals surface area (Å²) in [5, 5.41) is 4.34. The summed E-state index contributed by atoms with van der Waals surface area (Å²) in [5.74, 6) is 0. The smallest absolute Gasteiger partial charge is 0.0499 e. The second-order valence-corrected chi connectivity index (χ2v) is 6.25. The Morgan fingerprint density at radius 1 is 1.20 bits per heavy atom. The first-order valence-corrected chi connectivity index (χ1v) is 8.09. The van der Waals surface area contributed by atoms with Crippen molar-refractivity contribution in [3.05, 3.63) is 57.8 Å². The minimum Gasteiger partial charge on any atom is -0.326 e. The molecule has 0 amide bonds. The standard InChI is InChI=1S/C17H24N2S/c1-4-16(18)17(15-7-5-13(2)6-8-15)19(3)11-14-9-10-20-12-14/h5-10,12,16-17H,4,11,18H2,1-3H3. The molecule has 0 fully saturated rings. The molecule has 108 valence electrons. The molecule has 1 heterocycles. The van der Waals surface area contributed by atoms with Crippen molar-refractivity contribution >= 4 is 11.3 Å². The van der Waals surface area contributed by atoms with Gasteiger partial charge in [-0.25, -0.2) is 0 Å². The maximum atomic E-state index is 6.38. The Bertz CT molecular complexity index is 504. The maximum absolute atomic E-state index is 6.38. The largest absolute Gasteiger partial charge is 0.326 e. The zero-order chi connectivity index (χ0) is 14.5. The van der Waals surface area contributed by atoms with E-state index in [0.717, 1.165) is 13.0 Å². The zero-order valence-electron chi connectivity index (χ0n) is 12.5. The van der Waals surface area contributed by atoms with E-state index in [1.54, 1.807) is 11.3 Å². The summed E-state index contributed by atoms with van der Waals surface area (Å²) in [5.41, 5.74) is 10.3. The van der Waals surface area contributed by atoms with E-state index in [1.807, 2.05) is 0 Å². The number of nitrogens with zero attached hydrogens (tertiary/aromatic N) is 1. The molecule has 2 rings (SSSR count). The Morgan fingerprint density at radius 3 is 2.45 bits per heavy atom. The molecular weight excluding hydrogens is 264 g/mol. The van der Waals surface area contributed by atoms with Crippen molar-refractivity contribution in [2.75, 3.05) is 7.05 Å². The molecule has 3 heteroatoms. The van der Waals surface area contributed by atoms with E-state index in [2.05, 4.69) is 66.9 Å². The SMILES string of the molecule is CCC(N)C(c1ccc(C)cc1)N(C)Cc1ccsc1. The highest BCUT2D eigenvalue weighted by Crippen LogP contribution is 2.26. The van der Waals surface area contributed by atoms with Crippen molar-refractivity contribution in [3.8, 4) is 0 Å². The molecule has 2 atom stereocenters. The quantitative estimate of drug-likeness (QED) is 0.871. The first kappa shape index (κ1) is 15.2. The van der Waals surface area contributed by atoms with Gasteiger partial charge < -0.3 is 5.73 Å². The van der Waals surface area contributed by atoms with Gasteiger partial charge in [0.2, 0.25) is 0 Å². The lowest BCUT2D eigenvalue weighted by Crippen LogP contribution is -2.38. The second-order valence-electron chi connectivity index (χ2n) is 5.47. The Hall–Kier alpha value is -1.16. The number of likely N-dealkylation sites (N-methyl/N-ethyl adjacent to an activating group) is 1. The highest BCUT2D eigenvalue weighted by molar-refractivity contribution is 7.07. The van der Waals surface area contributed by atoms with Gasteiger partial charge in [-0.2, -0.15) is 11.3 Å². The van der Waals surface area contributed by atoms with Crippen LogP contribution in [0, 0.1) is 6.92 Å². The Morgan fingerprint density at radius 2 is 1.90 bits per heavy atom. The molecular formula is C17H24N2S. The third-order valence-electron chi connectivity index (χ3n) is 3.78. The first-order chi connectivity index (χ1) is 9.61. The van der Waals surface area contributed by atoms with Gasteiger partial charge in [-0.05, 0) is 48.3 Å². The Balaban J connectivity index is 2.20. The molecule has 0 radical (unpaired) electrons. The van der Waals surface area contributed by atoms with Gasteiger partial charge in [0.15, 0.2) is 0 Å².